The molecule has 1 heterocycles. The number of aromatic amines is 1. The van der Waals surface area contributed by atoms with Crippen molar-refractivity contribution in [2.24, 2.45) is 0 Å². The minimum Gasteiger partial charge on any atom is -0.399 e. The standard InChI is InChI=1S/C16H13Cl2N5O/c17-11-5-10(6-12(18)7-11)15-21-14(22-23-15)8-20-16(24)9-1-3-13(19)4-2-9/h1-7H,8,19H2,(H,20,24)(H,21,22,23). The molecule has 0 saturated heterocycles. The quantitative estimate of drug-likeness (QED) is 0.621. The molecule has 3 aromatic rings. The minimum absolute atomic E-state index is 0.213. The van der Waals surface area contributed by atoms with Gasteiger partial charge in [0.15, 0.2) is 5.82 Å². The Morgan fingerprint density at radius 2 is 1.79 bits per heavy atom. The molecule has 3 rings (SSSR count). The van der Waals surface area contributed by atoms with Gasteiger partial charge in [-0.2, -0.15) is 5.10 Å². The van der Waals surface area contributed by atoms with E-state index in [-0.39, 0.29) is 12.5 Å². The number of H-pyrrole nitrogens is 1. The Kier molecular flexibility index (Phi) is 4.69. The van der Waals surface area contributed by atoms with Crippen LogP contribution in [0.15, 0.2) is 42.5 Å². The van der Waals surface area contributed by atoms with Crippen molar-refractivity contribution in [2.45, 2.75) is 6.54 Å². The largest absolute Gasteiger partial charge is 0.399 e. The number of nitrogens with one attached hydrogen (secondary N) is 2. The third-order valence-corrected chi connectivity index (χ3v) is 3.68. The van der Waals surface area contributed by atoms with Gasteiger partial charge in [-0.3, -0.25) is 9.89 Å². The Bertz CT molecular complexity index is 856. The number of carbonyl (C=O) groups excluding carboxylic acids is 1. The highest BCUT2D eigenvalue weighted by atomic mass is 35.5. The molecule has 8 heteroatoms. The number of nitrogens with zero attached hydrogens (tertiary/aromatic N) is 2. The topological polar surface area (TPSA) is 96.7 Å². The van der Waals surface area contributed by atoms with E-state index in [0.29, 0.717) is 38.5 Å². The van der Waals surface area contributed by atoms with Crippen LogP contribution in [0.2, 0.25) is 10.0 Å². The predicted octanol–water partition coefficient (Wildman–Crippen LogP) is 3.29. The van der Waals surface area contributed by atoms with E-state index in [9.17, 15) is 4.79 Å². The number of anilines is 1. The van der Waals surface area contributed by atoms with E-state index in [2.05, 4.69) is 20.5 Å². The normalized spacial score (nSPS) is 10.6. The zero-order valence-corrected chi connectivity index (χ0v) is 13.9. The maximum absolute atomic E-state index is 12.0. The highest BCUT2D eigenvalue weighted by Crippen LogP contribution is 2.24. The molecule has 4 N–H and O–H groups in total. The summed E-state index contributed by atoms with van der Waals surface area (Å²) in [7, 11) is 0. The molecule has 0 fully saturated rings. The smallest absolute Gasteiger partial charge is 0.251 e. The van der Waals surface area contributed by atoms with Crippen LogP contribution in [-0.4, -0.2) is 21.1 Å². The lowest BCUT2D eigenvalue weighted by Crippen LogP contribution is -2.23. The Labute approximate surface area is 148 Å². The number of aromatic nitrogens is 3. The molecule has 0 spiro atoms. The van der Waals surface area contributed by atoms with Crippen molar-refractivity contribution in [1.82, 2.24) is 20.5 Å². The second kappa shape index (κ2) is 6.90. The van der Waals surface area contributed by atoms with Crippen molar-refractivity contribution >= 4 is 34.8 Å². The summed E-state index contributed by atoms with van der Waals surface area (Å²) in [6, 6.07) is 11.7. The number of halogens is 2. The van der Waals surface area contributed by atoms with E-state index < -0.39 is 0 Å². The first-order valence-corrected chi connectivity index (χ1v) is 7.78. The summed E-state index contributed by atoms with van der Waals surface area (Å²) in [6.07, 6.45) is 0. The molecule has 0 unspecified atom stereocenters. The van der Waals surface area contributed by atoms with Gasteiger partial charge in [0.2, 0.25) is 0 Å². The summed E-state index contributed by atoms with van der Waals surface area (Å²) in [5, 5.41) is 10.6. The summed E-state index contributed by atoms with van der Waals surface area (Å²) in [4.78, 5) is 16.4. The van der Waals surface area contributed by atoms with Crippen LogP contribution in [0.1, 0.15) is 16.2 Å². The Morgan fingerprint density at radius 3 is 2.46 bits per heavy atom. The van der Waals surface area contributed by atoms with Gasteiger partial charge in [-0.05, 0) is 42.5 Å². The van der Waals surface area contributed by atoms with Gasteiger partial charge in [-0.15, -0.1) is 0 Å². The number of carbonyl (C=O) groups is 1. The fourth-order valence-electron chi connectivity index (χ4n) is 2.09. The number of hydrogen-bond donors (Lipinski definition) is 3. The molecule has 1 amide bonds. The van der Waals surface area contributed by atoms with Crippen LogP contribution < -0.4 is 11.1 Å². The van der Waals surface area contributed by atoms with Gasteiger partial charge in [0.1, 0.15) is 5.82 Å². The lowest BCUT2D eigenvalue weighted by Gasteiger charge is -2.03. The first-order chi connectivity index (χ1) is 11.5. The zero-order chi connectivity index (χ0) is 17.1. The van der Waals surface area contributed by atoms with Crippen LogP contribution in [0.25, 0.3) is 11.4 Å². The average Bonchev–Trinajstić information content (AvgIpc) is 3.01. The summed E-state index contributed by atoms with van der Waals surface area (Å²) >= 11 is 11.9. The zero-order valence-electron chi connectivity index (χ0n) is 12.4. The fraction of sp³-hybridized carbons (Fsp3) is 0.0625. The van der Waals surface area contributed by atoms with Gasteiger partial charge >= 0.3 is 0 Å². The number of rotatable bonds is 4. The first kappa shape index (κ1) is 16.3. The highest BCUT2D eigenvalue weighted by molar-refractivity contribution is 6.35. The molecular formula is C16H13Cl2N5O. The SMILES string of the molecule is Nc1ccc(C(=O)NCc2nc(-c3cc(Cl)cc(Cl)c3)n[nH]2)cc1. The van der Waals surface area contributed by atoms with Crippen LogP contribution in [0, 0.1) is 0 Å². The van der Waals surface area contributed by atoms with Crippen LogP contribution in [0.3, 0.4) is 0 Å². The fourth-order valence-corrected chi connectivity index (χ4v) is 2.61. The van der Waals surface area contributed by atoms with E-state index in [1.54, 1.807) is 42.5 Å². The summed E-state index contributed by atoms with van der Waals surface area (Å²) in [5.74, 6) is 0.750. The van der Waals surface area contributed by atoms with Crippen molar-refractivity contribution < 1.29 is 4.79 Å². The summed E-state index contributed by atoms with van der Waals surface area (Å²) < 4.78 is 0. The molecule has 0 aliphatic carbocycles. The minimum atomic E-state index is -0.223. The van der Waals surface area contributed by atoms with Gasteiger partial charge in [0.25, 0.3) is 5.91 Å². The van der Waals surface area contributed by atoms with E-state index in [1.807, 2.05) is 0 Å². The number of hydrogen-bond acceptors (Lipinski definition) is 4. The predicted molar refractivity (Wildman–Crippen MR) is 93.9 cm³/mol. The maximum atomic E-state index is 12.0. The Balaban J connectivity index is 1.68. The number of benzene rings is 2. The van der Waals surface area contributed by atoms with Gasteiger partial charge < -0.3 is 11.1 Å². The molecule has 6 nitrogen and oxygen atoms in total. The lowest BCUT2D eigenvalue weighted by atomic mass is 10.2. The molecule has 0 bridgehead atoms. The third kappa shape index (κ3) is 3.84. The summed E-state index contributed by atoms with van der Waals surface area (Å²) in [5.41, 5.74) is 7.41. The van der Waals surface area contributed by atoms with E-state index in [1.165, 1.54) is 0 Å². The number of nitrogen functional groups attached to an aromatic ring is 1. The molecule has 0 saturated carbocycles. The van der Waals surface area contributed by atoms with Crippen molar-refractivity contribution in [3.8, 4) is 11.4 Å². The second-order valence-electron chi connectivity index (χ2n) is 5.07. The molecule has 24 heavy (non-hydrogen) atoms. The molecule has 122 valence electrons. The van der Waals surface area contributed by atoms with Crippen LogP contribution >= 0.6 is 23.2 Å². The van der Waals surface area contributed by atoms with Gasteiger partial charge in [-0.1, -0.05) is 23.2 Å². The van der Waals surface area contributed by atoms with Gasteiger partial charge in [0.05, 0.1) is 6.54 Å². The molecular weight excluding hydrogens is 349 g/mol. The first-order valence-electron chi connectivity index (χ1n) is 7.03. The second-order valence-corrected chi connectivity index (χ2v) is 5.94. The van der Waals surface area contributed by atoms with Crippen molar-refractivity contribution in [3.05, 3.63) is 63.9 Å². The average molecular weight is 362 g/mol. The molecule has 2 aromatic carbocycles. The van der Waals surface area contributed by atoms with Gasteiger partial charge in [0, 0.05) is 26.9 Å². The molecule has 1 aromatic heterocycles. The van der Waals surface area contributed by atoms with E-state index in [4.69, 9.17) is 28.9 Å². The molecule has 0 atom stereocenters. The molecule has 0 aliphatic rings. The molecule has 0 aliphatic heterocycles. The summed E-state index contributed by atoms with van der Waals surface area (Å²) in [6.45, 7) is 0.213. The Hall–Kier alpha value is -2.57. The maximum Gasteiger partial charge on any atom is 0.251 e. The van der Waals surface area contributed by atoms with E-state index in [0.717, 1.165) is 0 Å². The van der Waals surface area contributed by atoms with Crippen LogP contribution in [-0.2, 0) is 6.54 Å². The van der Waals surface area contributed by atoms with Crippen molar-refractivity contribution in [1.29, 1.82) is 0 Å². The van der Waals surface area contributed by atoms with Gasteiger partial charge in [-0.25, -0.2) is 4.98 Å². The third-order valence-electron chi connectivity index (χ3n) is 3.24. The lowest BCUT2D eigenvalue weighted by molar-refractivity contribution is 0.0950. The van der Waals surface area contributed by atoms with Crippen molar-refractivity contribution in [2.75, 3.05) is 5.73 Å². The monoisotopic (exact) mass is 361 g/mol. The number of nitrogens with two attached hydrogens (primary N) is 1. The van der Waals surface area contributed by atoms with E-state index >= 15 is 0 Å². The van der Waals surface area contributed by atoms with Crippen LogP contribution in [0.5, 0.6) is 0 Å². The van der Waals surface area contributed by atoms with Crippen LogP contribution in [0.4, 0.5) is 5.69 Å². The molecule has 0 radical (unpaired) electrons. The Morgan fingerprint density at radius 1 is 1.12 bits per heavy atom. The van der Waals surface area contributed by atoms with Crippen molar-refractivity contribution in [3.63, 3.8) is 0 Å². The highest BCUT2D eigenvalue weighted by Gasteiger charge is 2.10. The number of amides is 1.